The molecule has 1 N–H and O–H groups in total. The van der Waals surface area contributed by atoms with Gasteiger partial charge in [0.2, 0.25) is 0 Å². The molecule has 0 aliphatic carbocycles. The zero-order chi connectivity index (χ0) is 9.90. The van der Waals surface area contributed by atoms with Crippen molar-refractivity contribution in [2.75, 3.05) is 26.2 Å². The molecule has 0 bridgehead atoms. The Hall–Kier alpha value is -0.340. The predicted molar refractivity (Wildman–Crippen MR) is 57.9 cm³/mol. The van der Waals surface area contributed by atoms with E-state index in [0.29, 0.717) is 0 Å². The van der Waals surface area contributed by atoms with Crippen LogP contribution in [0.3, 0.4) is 0 Å². The molecule has 2 heteroatoms. The van der Waals surface area contributed by atoms with E-state index in [2.05, 4.69) is 37.6 Å². The molecule has 1 heterocycles. The minimum absolute atomic E-state index is 0.244. The van der Waals surface area contributed by atoms with Crippen molar-refractivity contribution in [2.24, 2.45) is 5.92 Å². The summed E-state index contributed by atoms with van der Waals surface area (Å²) in [5, 5.41) is 3.58. The van der Waals surface area contributed by atoms with E-state index < -0.39 is 0 Å². The highest BCUT2D eigenvalue weighted by Crippen LogP contribution is 2.13. The van der Waals surface area contributed by atoms with E-state index in [9.17, 15) is 0 Å². The van der Waals surface area contributed by atoms with E-state index in [1.54, 1.807) is 0 Å². The van der Waals surface area contributed by atoms with E-state index in [-0.39, 0.29) is 5.54 Å². The second-order valence-corrected chi connectivity index (χ2v) is 4.85. The van der Waals surface area contributed by atoms with Gasteiger partial charge in [0.15, 0.2) is 0 Å². The molecule has 0 aromatic heterocycles. The lowest BCUT2D eigenvalue weighted by Gasteiger charge is -2.29. The quantitative estimate of drug-likeness (QED) is 0.651. The summed E-state index contributed by atoms with van der Waals surface area (Å²) in [6.07, 6.45) is 1.99. The molecule has 1 atom stereocenters. The third-order valence-corrected chi connectivity index (χ3v) is 2.51. The Balaban J connectivity index is 2.57. The van der Waals surface area contributed by atoms with Crippen LogP contribution in [-0.2, 0) is 0 Å². The Labute approximate surface area is 82.0 Å². The number of hydrogen-bond donors (Lipinski definition) is 1. The SMILES string of the molecule is C=CCN1CC(C)CNC(C)(C)C1. The van der Waals surface area contributed by atoms with Gasteiger partial charge in [-0.15, -0.1) is 6.58 Å². The molecule has 76 valence electrons. The van der Waals surface area contributed by atoms with E-state index in [4.69, 9.17) is 0 Å². The molecule has 1 aliphatic heterocycles. The van der Waals surface area contributed by atoms with Crippen LogP contribution in [-0.4, -0.2) is 36.6 Å². The molecule has 0 saturated carbocycles. The van der Waals surface area contributed by atoms with E-state index in [1.807, 2.05) is 6.08 Å². The van der Waals surface area contributed by atoms with Crippen molar-refractivity contribution in [3.63, 3.8) is 0 Å². The topological polar surface area (TPSA) is 15.3 Å². The highest BCUT2D eigenvalue weighted by molar-refractivity contribution is 4.88. The Morgan fingerprint density at radius 2 is 2.31 bits per heavy atom. The van der Waals surface area contributed by atoms with Crippen molar-refractivity contribution in [3.8, 4) is 0 Å². The predicted octanol–water partition coefficient (Wildman–Crippen LogP) is 1.49. The van der Waals surface area contributed by atoms with Crippen molar-refractivity contribution in [1.82, 2.24) is 10.2 Å². The number of rotatable bonds is 2. The van der Waals surface area contributed by atoms with Crippen molar-refractivity contribution in [2.45, 2.75) is 26.3 Å². The van der Waals surface area contributed by atoms with Crippen LogP contribution in [0.2, 0.25) is 0 Å². The molecular formula is C11H22N2. The largest absolute Gasteiger partial charge is 0.310 e. The molecule has 1 saturated heterocycles. The van der Waals surface area contributed by atoms with Gasteiger partial charge in [0.1, 0.15) is 0 Å². The minimum atomic E-state index is 0.244. The second kappa shape index (κ2) is 4.25. The van der Waals surface area contributed by atoms with Gasteiger partial charge in [0.25, 0.3) is 0 Å². The first kappa shape index (κ1) is 10.7. The number of nitrogens with zero attached hydrogens (tertiary/aromatic N) is 1. The molecule has 2 nitrogen and oxygen atoms in total. The first-order chi connectivity index (χ1) is 6.03. The summed E-state index contributed by atoms with van der Waals surface area (Å²) in [5.74, 6) is 0.738. The molecule has 1 rings (SSSR count). The van der Waals surface area contributed by atoms with Crippen molar-refractivity contribution in [3.05, 3.63) is 12.7 Å². The fourth-order valence-corrected chi connectivity index (χ4v) is 1.96. The first-order valence-electron chi connectivity index (χ1n) is 5.12. The molecule has 0 amide bonds. The molecule has 1 aliphatic rings. The van der Waals surface area contributed by atoms with Gasteiger partial charge in [-0.1, -0.05) is 13.0 Å². The average molecular weight is 182 g/mol. The van der Waals surface area contributed by atoms with E-state index >= 15 is 0 Å². The van der Waals surface area contributed by atoms with Crippen LogP contribution < -0.4 is 5.32 Å². The molecule has 0 radical (unpaired) electrons. The summed E-state index contributed by atoms with van der Waals surface area (Å²) in [6.45, 7) is 15.1. The van der Waals surface area contributed by atoms with Gasteiger partial charge in [-0.05, 0) is 26.3 Å². The molecule has 1 unspecified atom stereocenters. The smallest absolute Gasteiger partial charge is 0.0252 e. The molecular weight excluding hydrogens is 160 g/mol. The maximum absolute atomic E-state index is 3.80. The lowest BCUT2D eigenvalue weighted by molar-refractivity contribution is 0.242. The summed E-state index contributed by atoms with van der Waals surface area (Å²) in [6, 6.07) is 0. The Bertz CT molecular complexity index is 175. The summed E-state index contributed by atoms with van der Waals surface area (Å²) < 4.78 is 0. The third-order valence-electron chi connectivity index (χ3n) is 2.51. The zero-order valence-corrected chi connectivity index (χ0v) is 9.14. The van der Waals surface area contributed by atoms with Crippen molar-refractivity contribution >= 4 is 0 Å². The van der Waals surface area contributed by atoms with Gasteiger partial charge >= 0.3 is 0 Å². The lowest BCUT2D eigenvalue weighted by atomic mass is 10.1. The Kier molecular flexibility index (Phi) is 3.51. The van der Waals surface area contributed by atoms with E-state index in [0.717, 1.165) is 25.6 Å². The fourth-order valence-electron chi connectivity index (χ4n) is 1.96. The highest BCUT2D eigenvalue weighted by atomic mass is 15.2. The Morgan fingerprint density at radius 3 is 2.92 bits per heavy atom. The standard InChI is InChI=1S/C11H22N2/c1-5-6-13-8-10(2)7-12-11(3,4)9-13/h5,10,12H,1,6-9H2,2-4H3. The van der Waals surface area contributed by atoms with E-state index in [1.165, 1.54) is 6.54 Å². The summed E-state index contributed by atoms with van der Waals surface area (Å²) in [5.41, 5.74) is 0.244. The minimum Gasteiger partial charge on any atom is -0.310 e. The first-order valence-corrected chi connectivity index (χ1v) is 5.12. The number of nitrogens with one attached hydrogen (secondary N) is 1. The molecule has 0 aromatic rings. The van der Waals surface area contributed by atoms with Gasteiger partial charge < -0.3 is 5.32 Å². The van der Waals surface area contributed by atoms with Gasteiger partial charge in [-0.25, -0.2) is 0 Å². The summed E-state index contributed by atoms with van der Waals surface area (Å²) in [7, 11) is 0. The van der Waals surface area contributed by atoms with Crippen LogP contribution >= 0.6 is 0 Å². The van der Waals surface area contributed by atoms with Crippen LogP contribution in [0.15, 0.2) is 12.7 Å². The highest BCUT2D eigenvalue weighted by Gasteiger charge is 2.25. The fraction of sp³-hybridized carbons (Fsp3) is 0.818. The van der Waals surface area contributed by atoms with Crippen LogP contribution in [0, 0.1) is 5.92 Å². The van der Waals surface area contributed by atoms with Crippen molar-refractivity contribution in [1.29, 1.82) is 0 Å². The molecule has 13 heavy (non-hydrogen) atoms. The molecule has 0 aromatic carbocycles. The maximum atomic E-state index is 3.80. The third kappa shape index (κ3) is 3.49. The van der Waals surface area contributed by atoms with Gasteiger partial charge in [-0.2, -0.15) is 0 Å². The van der Waals surface area contributed by atoms with Gasteiger partial charge in [-0.3, -0.25) is 4.90 Å². The summed E-state index contributed by atoms with van der Waals surface area (Å²) >= 11 is 0. The molecule has 1 fully saturated rings. The normalized spacial score (nSPS) is 29.6. The maximum Gasteiger partial charge on any atom is 0.0252 e. The van der Waals surface area contributed by atoms with Gasteiger partial charge in [0.05, 0.1) is 0 Å². The second-order valence-electron chi connectivity index (χ2n) is 4.85. The van der Waals surface area contributed by atoms with Crippen LogP contribution in [0.25, 0.3) is 0 Å². The van der Waals surface area contributed by atoms with Crippen LogP contribution in [0.4, 0.5) is 0 Å². The average Bonchev–Trinajstić information content (AvgIpc) is 2.11. The van der Waals surface area contributed by atoms with Gasteiger partial charge in [0, 0.05) is 25.2 Å². The summed E-state index contributed by atoms with van der Waals surface area (Å²) in [4.78, 5) is 2.47. The zero-order valence-electron chi connectivity index (χ0n) is 9.14. The monoisotopic (exact) mass is 182 g/mol. The van der Waals surface area contributed by atoms with Crippen LogP contribution in [0.5, 0.6) is 0 Å². The lowest BCUT2D eigenvalue weighted by Crippen LogP contribution is -2.46. The molecule has 0 spiro atoms. The van der Waals surface area contributed by atoms with Crippen molar-refractivity contribution < 1.29 is 0 Å². The Morgan fingerprint density at radius 1 is 1.62 bits per heavy atom. The number of hydrogen-bond acceptors (Lipinski definition) is 2. The van der Waals surface area contributed by atoms with Crippen LogP contribution in [0.1, 0.15) is 20.8 Å².